The lowest BCUT2D eigenvalue weighted by Crippen LogP contribution is -2.43. The Labute approximate surface area is 167 Å². The Hall–Kier alpha value is -1.96. The van der Waals surface area contributed by atoms with Crippen molar-refractivity contribution in [3.8, 4) is 0 Å². The molecule has 0 spiro atoms. The van der Waals surface area contributed by atoms with Gasteiger partial charge in [-0.25, -0.2) is 4.79 Å². The number of carbonyl (C=O) groups excluding carboxylic acids is 1. The zero-order valence-electron chi connectivity index (χ0n) is 12.4. The van der Waals surface area contributed by atoms with E-state index in [2.05, 4.69) is 15.9 Å². The van der Waals surface area contributed by atoms with Gasteiger partial charge in [-0.15, -0.1) is 0 Å². The fourth-order valence-corrected chi connectivity index (χ4v) is 2.33. The van der Waals surface area contributed by atoms with Gasteiger partial charge < -0.3 is 10.2 Å². The molecule has 0 fully saturated rings. The number of urea groups is 1. The molecule has 12 nitrogen and oxygen atoms in total. The van der Waals surface area contributed by atoms with Gasteiger partial charge in [0.25, 0.3) is 0 Å². The third kappa shape index (κ3) is 4.81. The number of anilines is 1. The predicted molar refractivity (Wildman–Crippen MR) is 96.2 cm³/mol. The van der Waals surface area contributed by atoms with Crippen molar-refractivity contribution in [1.82, 2.24) is 4.90 Å². The number of alkyl halides is 4. The first-order chi connectivity index (χ1) is 11.8. The van der Waals surface area contributed by atoms with Crippen LogP contribution in [0.3, 0.4) is 0 Å². The van der Waals surface area contributed by atoms with Crippen LogP contribution in [0.25, 0.3) is 0 Å². The highest BCUT2D eigenvalue weighted by Gasteiger charge is 2.40. The number of nitro groups is 3. The van der Waals surface area contributed by atoms with Crippen molar-refractivity contribution in [2.75, 3.05) is 12.4 Å². The van der Waals surface area contributed by atoms with Crippen LogP contribution >= 0.6 is 50.7 Å². The SMILES string of the molecule is CN(C(=O)Nc1ccc([N+](=O)[O-])c([N+](=O)[O-])c1[N+](=O)[O-])C(Br)C(Cl)(Cl)Cl. The van der Waals surface area contributed by atoms with Crippen molar-refractivity contribution >= 4 is 79.5 Å². The summed E-state index contributed by atoms with van der Waals surface area (Å²) in [4.78, 5) is 41.3. The summed E-state index contributed by atoms with van der Waals surface area (Å²) in [6.07, 6.45) is 0. The van der Waals surface area contributed by atoms with Crippen LogP contribution in [-0.4, -0.2) is 41.5 Å². The second-order valence-corrected chi connectivity index (χ2v) is 7.76. The van der Waals surface area contributed by atoms with E-state index >= 15 is 0 Å². The smallest absolute Gasteiger partial charge is 0.311 e. The summed E-state index contributed by atoms with van der Waals surface area (Å²) in [5, 5.41) is 35.2. The van der Waals surface area contributed by atoms with E-state index < -0.39 is 52.3 Å². The third-order valence-corrected chi connectivity index (χ3v) is 5.58. The van der Waals surface area contributed by atoms with Crippen molar-refractivity contribution in [2.24, 2.45) is 0 Å². The molecular formula is C10H7BrCl3N5O7. The minimum atomic E-state index is -1.96. The summed E-state index contributed by atoms with van der Waals surface area (Å²) in [6, 6.07) is 0.402. The van der Waals surface area contributed by atoms with Crippen LogP contribution in [0.15, 0.2) is 12.1 Å². The van der Waals surface area contributed by atoms with E-state index in [1.807, 2.05) is 5.32 Å². The number of rotatable bonds is 5. The molecule has 0 saturated heterocycles. The average molecular weight is 495 g/mol. The van der Waals surface area contributed by atoms with Gasteiger partial charge in [0.15, 0.2) is 0 Å². The lowest BCUT2D eigenvalue weighted by atomic mass is 10.2. The predicted octanol–water partition coefficient (Wildman–Crippen LogP) is 3.97. The maximum atomic E-state index is 12.2. The molecule has 16 heteroatoms. The summed E-state index contributed by atoms with van der Waals surface area (Å²) in [5.41, 5.74) is -4.39. The van der Waals surface area contributed by atoms with Crippen molar-refractivity contribution in [2.45, 2.75) is 8.74 Å². The van der Waals surface area contributed by atoms with E-state index in [-0.39, 0.29) is 0 Å². The zero-order valence-corrected chi connectivity index (χ0v) is 16.2. The van der Waals surface area contributed by atoms with Crippen molar-refractivity contribution in [3.05, 3.63) is 42.5 Å². The third-order valence-electron chi connectivity index (χ3n) is 2.86. The van der Waals surface area contributed by atoms with Crippen molar-refractivity contribution in [3.63, 3.8) is 0 Å². The number of nitrogens with zero attached hydrogens (tertiary/aromatic N) is 4. The Kier molecular flexibility index (Phi) is 6.93. The molecule has 1 aromatic carbocycles. The number of nitrogens with one attached hydrogen (secondary N) is 1. The molecule has 1 aromatic rings. The molecule has 1 unspecified atom stereocenters. The second-order valence-electron chi connectivity index (χ2n) is 4.52. The maximum absolute atomic E-state index is 12.2. The molecule has 0 aromatic heterocycles. The van der Waals surface area contributed by atoms with Crippen LogP contribution in [0.4, 0.5) is 27.5 Å². The van der Waals surface area contributed by atoms with Gasteiger partial charge in [0.05, 0.1) is 14.8 Å². The topological polar surface area (TPSA) is 162 Å². The number of amides is 2. The van der Waals surface area contributed by atoms with E-state index in [0.717, 1.165) is 11.0 Å². The van der Waals surface area contributed by atoms with Gasteiger partial charge in [-0.1, -0.05) is 50.7 Å². The maximum Gasteiger partial charge on any atom is 0.424 e. The van der Waals surface area contributed by atoms with Crippen LogP contribution in [0, 0.1) is 30.3 Å². The van der Waals surface area contributed by atoms with Gasteiger partial charge in [-0.3, -0.25) is 30.3 Å². The van der Waals surface area contributed by atoms with Crippen LogP contribution in [-0.2, 0) is 0 Å². The highest BCUT2D eigenvalue weighted by atomic mass is 79.9. The molecule has 1 atom stereocenters. The quantitative estimate of drug-likeness (QED) is 0.280. The first-order valence-electron chi connectivity index (χ1n) is 6.13. The largest absolute Gasteiger partial charge is 0.424 e. The van der Waals surface area contributed by atoms with E-state index in [0.29, 0.717) is 6.07 Å². The number of hydrogen-bond acceptors (Lipinski definition) is 7. The van der Waals surface area contributed by atoms with Gasteiger partial charge >= 0.3 is 23.1 Å². The molecule has 0 aliphatic heterocycles. The average Bonchev–Trinajstić information content (AvgIpc) is 2.51. The number of carbonyl (C=O) groups is 1. The fourth-order valence-electron chi connectivity index (χ4n) is 1.71. The van der Waals surface area contributed by atoms with Gasteiger partial charge in [-0.05, 0) is 6.07 Å². The fraction of sp³-hybridized carbons (Fsp3) is 0.300. The first-order valence-corrected chi connectivity index (χ1v) is 8.18. The van der Waals surface area contributed by atoms with Crippen molar-refractivity contribution in [1.29, 1.82) is 0 Å². The van der Waals surface area contributed by atoms with Gasteiger partial charge in [0.2, 0.25) is 3.79 Å². The molecule has 0 saturated carbocycles. The lowest BCUT2D eigenvalue weighted by Gasteiger charge is -2.28. The Morgan fingerprint density at radius 1 is 1.12 bits per heavy atom. The van der Waals surface area contributed by atoms with Gasteiger partial charge in [0.1, 0.15) is 10.6 Å². The van der Waals surface area contributed by atoms with Gasteiger partial charge in [0, 0.05) is 13.1 Å². The summed E-state index contributed by atoms with van der Waals surface area (Å²) < 4.78 is -1.96. The molecular weight excluding hydrogens is 488 g/mol. The summed E-state index contributed by atoms with van der Waals surface area (Å²) >= 11 is 19.8. The molecule has 142 valence electrons. The van der Waals surface area contributed by atoms with Crippen molar-refractivity contribution < 1.29 is 19.6 Å². The number of hydrogen-bond donors (Lipinski definition) is 1. The van der Waals surface area contributed by atoms with E-state index in [4.69, 9.17) is 34.8 Å². The minimum Gasteiger partial charge on any atom is -0.311 e. The Morgan fingerprint density at radius 3 is 2.00 bits per heavy atom. The zero-order chi connectivity index (χ0) is 20.4. The number of nitro benzene ring substituents is 3. The standard InChI is InChI=1S/C10H7BrCl3N5O7/c1-16(8(11)10(12,13)14)9(20)15-4-2-3-5(17(21)22)7(19(25)26)6(4)18(23)24/h2-3,8H,1H3,(H,15,20). The van der Waals surface area contributed by atoms with E-state index in [1.165, 1.54) is 7.05 Å². The highest BCUT2D eigenvalue weighted by Crippen LogP contribution is 2.42. The molecule has 1 rings (SSSR count). The van der Waals surface area contributed by atoms with Gasteiger partial charge in [-0.2, -0.15) is 0 Å². The normalized spacial score (nSPS) is 12.2. The van der Waals surface area contributed by atoms with E-state index in [1.54, 1.807) is 0 Å². The Bertz CT molecular complexity index is 787. The molecule has 26 heavy (non-hydrogen) atoms. The second kappa shape index (κ2) is 8.16. The number of benzene rings is 1. The van der Waals surface area contributed by atoms with Crippen LogP contribution in [0.2, 0.25) is 0 Å². The summed E-state index contributed by atoms with van der Waals surface area (Å²) in [6.45, 7) is 0. The van der Waals surface area contributed by atoms with Crippen LogP contribution < -0.4 is 5.32 Å². The highest BCUT2D eigenvalue weighted by molar-refractivity contribution is 9.09. The number of halogens is 4. The minimum absolute atomic E-state index is 0.645. The Balaban J connectivity index is 3.40. The summed E-state index contributed by atoms with van der Waals surface area (Å²) in [7, 11) is 1.17. The van der Waals surface area contributed by atoms with Crippen LogP contribution in [0.5, 0.6) is 0 Å². The molecule has 2 amide bonds. The molecule has 0 bridgehead atoms. The summed E-state index contributed by atoms with van der Waals surface area (Å²) in [5.74, 6) is 0. The van der Waals surface area contributed by atoms with E-state index in [9.17, 15) is 35.1 Å². The molecule has 0 aliphatic carbocycles. The first kappa shape index (κ1) is 22.1. The molecule has 0 heterocycles. The van der Waals surface area contributed by atoms with Crippen LogP contribution in [0.1, 0.15) is 0 Å². The molecule has 1 N–H and O–H groups in total. The lowest BCUT2D eigenvalue weighted by molar-refractivity contribution is -0.440. The Morgan fingerprint density at radius 2 is 1.62 bits per heavy atom. The molecule has 0 radical (unpaired) electrons. The molecule has 0 aliphatic rings. The monoisotopic (exact) mass is 493 g/mol.